The van der Waals surface area contributed by atoms with Gasteiger partial charge in [0.05, 0.1) is 6.61 Å². The number of hydrogen-bond donors (Lipinski definition) is 2. The third kappa shape index (κ3) is 4.60. The fourth-order valence-electron chi connectivity index (χ4n) is 2.25. The van der Waals surface area contributed by atoms with Crippen molar-refractivity contribution in [3.63, 3.8) is 0 Å². The minimum atomic E-state index is -0.506. The van der Waals surface area contributed by atoms with Crippen LogP contribution in [0.1, 0.15) is 19.8 Å². The van der Waals surface area contributed by atoms with Gasteiger partial charge in [0, 0.05) is 11.6 Å². The molecule has 0 saturated carbocycles. The topological polar surface area (TPSA) is 58.6 Å². The highest BCUT2D eigenvalue weighted by Crippen LogP contribution is 2.25. The van der Waals surface area contributed by atoms with E-state index in [1.54, 1.807) is 12.1 Å². The van der Waals surface area contributed by atoms with Crippen molar-refractivity contribution >= 4 is 6.09 Å². The van der Waals surface area contributed by atoms with Gasteiger partial charge in [-0.1, -0.05) is 43.4 Å². The number of aliphatic hydroxyl groups is 1. The molecule has 1 aromatic carbocycles. The maximum absolute atomic E-state index is 12.0. The van der Waals surface area contributed by atoms with E-state index in [1.807, 2.05) is 30.4 Å². The van der Waals surface area contributed by atoms with Gasteiger partial charge in [0.25, 0.3) is 0 Å². The van der Waals surface area contributed by atoms with Crippen molar-refractivity contribution in [3.05, 3.63) is 65.9 Å². The van der Waals surface area contributed by atoms with Crippen LogP contribution in [0.15, 0.2) is 65.9 Å². The van der Waals surface area contributed by atoms with Crippen molar-refractivity contribution in [1.82, 2.24) is 5.32 Å². The first-order chi connectivity index (χ1) is 10.7. The lowest BCUT2D eigenvalue weighted by molar-refractivity contribution is 0.202. The van der Waals surface area contributed by atoms with E-state index in [4.69, 9.17) is 4.74 Å². The molecule has 0 radical (unpaired) electrons. The Bertz CT molecular complexity index is 588. The summed E-state index contributed by atoms with van der Waals surface area (Å²) in [7, 11) is 0. The Morgan fingerprint density at radius 1 is 1.36 bits per heavy atom. The van der Waals surface area contributed by atoms with Gasteiger partial charge in [-0.05, 0) is 36.6 Å². The van der Waals surface area contributed by atoms with Crippen LogP contribution in [0.5, 0.6) is 5.75 Å². The van der Waals surface area contributed by atoms with E-state index < -0.39 is 6.09 Å². The van der Waals surface area contributed by atoms with Crippen LogP contribution >= 0.6 is 0 Å². The zero-order valence-electron chi connectivity index (χ0n) is 12.7. The van der Waals surface area contributed by atoms with E-state index in [-0.39, 0.29) is 12.5 Å². The van der Waals surface area contributed by atoms with Crippen LogP contribution in [0.25, 0.3) is 0 Å². The van der Waals surface area contributed by atoms with Crippen LogP contribution in [0.2, 0.25) is 0 Å². The van der Waals surface area contributed by atoms with Crippen LogP contribution in [-0.2, 0) is 0 Å². The van der Waals surface area contributed by atoms with Gasteiger partial charge >= 0.3 is 6.09 Å². The molecule has 2 N–H and O–H groups in total. The van der Waals surface area contributed by atoms with Gasteiger partial charge in [-0.25, -0.2) is 4.79 Å². The minimum Gasteiger partial charge on any atom is -0.410 e. The molecule has 2 rings (SSSR count). The van der Waals surface area contributed by atoms with Crippen molar-refractivity contribution in [1.29, 1.82) is 0 Å². The molecule has 1 atom stereocenters. The fraction of sp³-hybridized carbons (Fsp3) is 0.278. The van der Waals surface area contributed by atoms with E-state index in [1.165, 1.54) is 0 Å². The van der Waals surface area contributed by atoms with Gasteiger partial charge in [0.15, 0.2) is 0 Å². The number of carbonyl (C=O) groups is 1. The Kier molecular flexibility index (Phi) is 5.98. The number of aliphatic hydroxyl groups excluding tert-OH is 1. The Hall–Kier alpha value is -2.33. The molecule has 1 unspecified atom stereocenters. The lowest BCUT2D eigenvalue weighted by atomic mass is 9.91. The summed E-state index contributed by atoms with van der Waals surface area (Å²) in [6.45, 7) is 2.09. The fourth-order valence-corrected chi connectivity index (χ4v) is 2.25. The molecule has 0 fully saturated rings. The molecule has 1 aliphatic rings. The number of hydrogen-bond acceptors (Lipinski definition) is 3. The number of amides is 1. The second-order valence-corrected chi connectivity index (χ2v) is 5.08. The van der Waals surface area contributed by atoms with Crippen LogP contribution in [-0.4, -0.2) is 17.8 Å². The molecule has 0 heterocycles. The van der Waals surface area contributed by atoms with Gasteiger partial charge in [0.1, 0.15) is 5.75 Å². The number of para-hydroxylation sites is 1. The number of nitrogens with one attached hydrogen (secondary N) is 1. The summed E-state index contributed by atoms with van der Waals surface area (Å²) in [5.74, 6) is 0.555. The largest absolute Gasteiger partial charge is 0.416 e. The summed E-state index contributed by atoms with van der Waals surface area (Å²) in [5.41, 5.74) is 1.73. The summed E-state index contributed by atoms with van der Waals surface area (Å²) >= 11 is 0. The molecule has 4 heteroatoms. The van der Waals surface area contributed by atoms with Crippen LogP contribution in [0.4, 0.5) is 4.79 Å². The van der Waals surface area contributed by atoms with E-state index in [2.05, 4.69) is 24.4 Å². The average Bonchev–Trinajstić information content (AvgIpc) is 2.54. The molecule has 0 saturated heterocycles. The molecular weight excluding hydrogens is 278 g/mol. The smallest absolute Gasteiger partial charge is 0.410 e. The van der Waals surface area contributed by atoms with Crippen molar-refractivity contribution in [2.45, 2.75) is 19.8 Å². The van der Waals surface area contributed by atoms with Gasteiger partial charge in [0.2, 0.25) is 0 Å². The summed E-state index contributed by atoms with van der Waals surface area (Å²) in [5, 5.41) is 12.1. The zero-order valence-corrected chi connectivity index (χ0v) is 12.7. The standard InChI is InChI=1S/C18H21NO3/c1-2-3-7-15-12-14(13-20)10-11-17(15)19-18(21)22-16-8-5-4-6-9-16/h3-11,15,20H,2,12-13H2,1H3,(H,19,21)/b7-3+. The first-order valence-corrected chi connectivity index (χ1v) is 7.44. The second-order valence-electron chi connectivity index (χ2n) is 5.08. The maximum atomic E-state index is 12.0. The molecule has 22 heavy (non-hydrogen) atoms. The molecule has 116 valence electrons. The van der Waals surface area contributed by atoms with Gasteiger partial charge in [-0.3, -0.25) is 5.32 Å². The predicted molar refractivity (Wildman–Crippen MR) is 86.4 cm³/mol. The Morgan fingerprint density at radius 2 is 2.14 bits per heavy atom. The molecule has 4 nitrogen and oxygen atoms in total. The van der Waals surface area contributed by atoms with E-state index in [0.717, 1.165) is 17.7 Å². The van der Waals surface area contributed by atoms with Crippen LogP contribution in [0.3, 0.4) is 0 Å². The number of carbonyl (C=O) groups excluding carboxylic acids is 1. The van der Waals surface area contributed by atoms with Crippen LogP contribution < -0.4 is 10.1 Å². The number of allylic oxidation sites excluding steroid dienone is 4. The van der Waals surface area contributed by atoms with E-state index in [0.29, 0.717) is 12.2 Å². The van der Waals surface area contributed by atoms with Crippen molar-refractivity contribution < 1.29 is 14.6 Å². The van der Waals surface area contributed by atoms with Crippen molar-refractivity contribution in [3.8, 4) is 5.75 Å². The number of benzene rings is 1. The Labute approximate surface area is 130 Å². The van der Waals surface area contributed by atoms with Gasteiger partial charge in [-0.15, -0.1) is 0 Å². The summed E-state index contributed by atoms with van der Waals surface area (Å²) in [6, 6.07) is 8.94. The molecule has 0 aliphatic heterocycles. The summed E-state index contributed by atoms with van der Waals surface area (Å²) in [6.07, 6.45) is 8.90. The lowest BCUT2D eigenvalue weighted by Gasteiger charge is -2.22. The van der Waals surface area contributed by atoms with Crippen molar-refractivity contribution in [2.24, 2.45) is 5.92 Å². The SMILES string of the molecule is CC/C=C/C1CC(CO)=CC=C1NC(=O)Oc1ccccc1. The molecule has 1 amide bonds. The molecule has 0 spiro atoms. The molecule has 1 aliphatic carbocycles. The third-order valence-corrected chi connectivity index (χ3v) is 3.39. The normalized spacial score (nSPS) is 17.8. The second kappa shape index (κ2) is 8.20. The highest BCUT2D eigenvalue weighted by atomic mass is 16.6. The average molecular weight is 299 g/mol. The number of ether oxygens (including phenoxy) is 1. The van der Waals surface area contributed by atoms with E-state index in [9.17, 15) is 9.90 Å². The molecule has 1 aromatic rings. The monoisotopic (exact) mass is 299 g/mol. The highest BCUT2D eigenvalue weighted by Gasteiger charge is 2.19. The third-order valence-electron chi connectivity index (χ3n) is 3.39. The lowest BCUT2D eigenvalue weighted by Crippen LogP contribution is -2.30. The van der Waals surface area contributed by atoms with E-state index >= 15 is 0 Å². The summed E-state index contributed by atoms with van der Waals surface area (Å²) in [4.78, 5) is 12.0. The summed E-state index contributed by atoms with van der Waals surface area (Å²) < 4.78 is 5.24. The highest BCUT2D eigenvalue weighted by molar-refractivity contribution is 5.72. The minimum absolute atomic E-state index is 0.0364. The van der Waals surface area contributed by atoms with Gasteiger partial charge in [-0.2, -0.15) is 0 Å². The predicted octanol–water partition coefficient (Wildman–Crippen LogP) is 3.56. The zero-order chi connectivity index (χ0) is 15.8. The van der Waals surface area contributed by atoms with Crippen molar-refractivity contribution in [2.75, 3.05) is 6.61 Å². The first kappa shape index (κ1) is 16.0. The van der Waals surface area contributed by atoms with Crippen LogP contribution in [0, 0.1) is 5.92 Å². The molecule has 0 bridgehead atoms. The Morgan fingerprint density at radius 3 is 2.82 bits per heavy atom. The molecular formula is C18H21NO3. The Balaban J connectivity index is 2.04. The van der Waals surface area contributed by atoms with Gasteiger partial charge < -0.3 is 9.84 Å². The first-order valence-electron chi connectivity index (χ1n) is 7.44. The maximum Gasteiger partial charge on any atom is 0.416 e. The quantitative estimate of drug-likeness (QED) is 0.817. The molecule has 0 aromatic heterocycles. The number of rotatable bonds is 5.